The number of hydrogen-bond acceptors (Lipinski definition) is 4. The summed E-state index contributed by atoms with van der Waals surface area (Å²) in [4.78, 5) is 4.51. The van der Waals surface area contributed by atoms with Gasteiger partial charge in [0, 0.05) is 13.0 Å². The van der Waals surface area contributed by atoms with Crippen LogP contribution in [0.1, 0.15) is 45.1 Å². The van der Waals surface area contributed by atoms with Crippen LogP contribution in [-0.4, -0.2) is 24.7 Å². The highest BCUT2D eigenvalue weighted by molar-refractivity contribution is 5.99. The topological polar surface area (TPSA) is 46.0 Å². The summed E-state index contributed by atoms with van der Waals surface area (Å²) in [5.74, 6) is 1.90. The van der Waals surface area contributed by atoms with E-state index >= 15 is 0 Å². The van der Waals surface area contributed by atoms with Gasteiger partial charge in [0.2, 0.25) is 0 Å². The molecule has 4 nitrogen and oxygen atoms in total. The van der Waals surface area contributed by atoms with E-state index in [0.717, 1.165) is 35.8 Å². The predicted octanol–water partition coefficient (Wildman–Crippen LogP) is 3.37. The lowest BCUT2D eigenvalue weighted by Gasteiger charge is -2.06. The molecule has 0 unspecified atom stereocenters. The summed E-state index contributed by atoms with van der Waals surface area (Å²) in [7, 11) is 0. The maximum atomic E-state index is 5.44. The third-order valence-corrected chi connectivity index (χ3v) is 3.31. The molecule has 1 heterocycles. The molecule has 1 aliphatic heterocycles. The number of amidine groups is 1. The van der Waals surface area contributed by atoms with Gasteiger partial charge >= 0.3 is 0 Å². The zero-order chi connectivity index (χ0) is 14.2. The first-order valence-corrected chi connectivity index (χ1v) is 7.36. The minimum Gasteiger partial charge on any atom is -0.494 e. The van der Waals surface area contributed by atoms with E-state index in [1.54, 1.807) is 0 Å². The van der Waals surface area contributed by atoms with Gasteiger partial charge in [0.05, 0.1) is 12.3 Å². The van der Waals surface area contributed by atoms with Gasteiger partial charge in [-0.1, -0.05) is 6.42 Å². The van der Waals surface area contributed by atoms with Crippen LogP contribution in [0.15, 0.2) is 34.4 Å². The molecule has 0 spiro atoms. The molecule has 0 bridgehead atoms. The van der Waals surface area contributed by atoms with Gasteiger partial charge in [0.25, 0.3) is 0 Å². The molecule has 1 N–H and O–H groups in total. The summed E-state index contributed by atoms with van der Waals surface area (Å²) in [6.07, 6.45) is 4.65. The Balaban J connectivity index is 1.96. The Morgan fingerprint density at radius 1 is 1.25 bits per heavy atom. The quantitative estimate of drug-likeness (QED) is 0.675. The number of hydrazone groups is 1. The van der Waals surface area contributed by atoms with Crippen molar-refractivity contribution in [2.75, 3.05) is 13.2 Å². The normalized spacial score (nSPS) is 16.3. The Morgan fingerprint density at radius 3 is 2.80 bits per heavy atom. The van der Waals surface area contributed by atoms with Crippen LogP contribution in [0, 0.1) is 0 Å². The summed E-state index contributed by atoms with van der Waals surface area (Å²) < 4.78 is 5.44. The Hall–Kier alpha value is -1.84. The van der Waals surface area contributed by atoms with Gasteiger partial charge in [-0.05, 0) is 56.5 Å². The van der Waals surface area contributed by atoms with Gasteiger partial charge in [0.15, 0.2) is 0 Å². The second-order valence-corrected chi connectivity index (χ2v) is 4.91. The first-order chi connectivity index (χ1) is 9.79. The molecule has 0 aliphatic carbocycles. The van der Waals surface area contributed by atoms with Crippen molar-refractivity contribution in [2.24, 2.45) is 10.1 Å². The maximum absolute atomic E-state index is 5.44. The third-order valence-electron chi connectivity index (χ3n) is 3.31. The Labute approximate surface area is 120 Å². The van der Waals surface area contributed by atoms with Crippen molar-refractivity contribution in [3.05, 3.63) is 29.8 Å². The number of aliphatic imine (C=N–C) groups is 1. The molecule has 2 rings (SSSR count). The van der Waals surface area contributed by atoms with Gasteiger partial charge in [-0.15, -0.1) is 0 Å². The lowest BCUT2D eigenvalue weighted by molar-refractivity contribution is 0.340. The lowest BCUT2D eigenvalue weighted by Crippen LogP contribution is -2.19. The lowest BCUT2D eigenvalue weighted by atomic mass is 10.1. The molecule has 1 aromatic carbocycles. The molecular formula is C16H23N3O. The van der Waals surface area contributed by atoms with Crippen LogP contribution in [0.5, 0.6) is 5.75 Å². The predicted molar refractivity (Wildman–Crippen MR) is 83.7 cm³/mol. The molecule has 1 aliphatic rings. The van der Waals surface area contributed by atoms with Crippen molar-refractivity contribution in [1.29, 1.82) is 0 Å². The molecule has 0 amide bonds. The first kappa shape index (κ1) is 14.6. The highest BCUT2D eigenvalue weighted by atomic mass is 16.5. The van der Waals surface area contributed by atoms with E-state index in [-0.39, 0.29) is 0 Å². The van der Waals surface area contributed by atoms with Gasteiger partial charge in [-0.3, -0.25) is 10.4 Å². The Kier molecular flexibility index (Phi) is 5.59. The molecule has 0 aromatic heterocycles. The van der Waals surface area contributed by atoms with E-state index in [9.17, 15) is 0 Å². The molecule has 20 heavy (non-hydrogen) atoms. The molecule has 0 saturated carbocycles. The minimum atomic E-state index is 0.688. The summed E-state index contributed by atoms with van der Waals surface area (Å²) in [6, 6.07) is 8.00. The first-order valence-electron chi connectivity index (χ1n) is 7.36. The molecule has 0 atom stereocenters. The molecular weight excluding hydrogens is 250 g/mol. The van der Waals surface area contributed by atoms with Crippen molar-refractivity contribution in [3.63, 3.8) is 0 Å². The van der Waals surface area contributed by atoms with Gasteiger partial charge in [0.1, 0.15) is 11.6 Å². The fourth-order valence-corrected chi connectivity index (χ4v) is 2.14. The van der Waals surface area contributed by atoms with Crippen LogP contribution < -0.4 is 10.2 Å². The highest BCUT2D eigenvalue weighted by Crippen LogP contribution is 2.12. The van der Waals surface area contributed by atoms with E-state index < -0.39 is 0 Å². The van der Waals surface area contributed by atoms with Gasteiger partial charge in [-0.25, -0.2) is 0 Å². The molecule has 0 radical (unpaired) electrons. The number of nitrogens with one attached hydrogen (secondary N) is 1. The number of nitrogens with zero attached hydrogens (tertiary/aromatic N) is 2. The molecule has 108 valence electrons. The van der Waals surface area contributed by atoms with Crippen molar-refractivity contribution in [2.45, 2.75) is 39.5 Å². The van der Waals surface area contributed by atoms with E-state index in [4.69, 9.17) is 4.74 Å². The fraction of sp³-hybridized carbons (Fsp3) is 0.500. The number of ether oxygens (including phenoxy) is 1. The average Bonchev–Trinajstić information content (AvgIpc) is 2.74. The van der Waals surface area contributed by atoms with E-state index in [2.05, 4.69) is 15.5 Å². The second kappa shape index (κ2) is 7.68. The number of hydrogen-bond donors (Lipinski definition) is 1. The van der Waals surface area contributed by atoms with Crippen LogP contribution in [0.4, 0.5) is 0 Å². The smallest absolute Gasteiger partial charge is 0.119 e. The Morgan fingerprint density at radius 2 is 2.05 bits per heavy atom. The minimum absolute atomic E-state index is 0.688. The summed E-state index contributed by atoms with van der Waals surface area (Å²) in [6.45, 7) is 5.59. The SMILES string of the molecule is CCOc1ccc(/C(C)=N/NC2=NCCCCC2)cc1. The molecule has 4 heteroatoms. The summed E-state index contributed by atoms with van der Waals surface area (Å²) in [5, 5.41) is 4.43. The number of rotatable bonds is 4. The zero-order valence-corrected chi connectivity index (χ0v) is 12.4. The van der Waals surface area contributed by atoms with Crippen molar-refractivity contribution in [3.8, 4) is 5.75 Å². The number of benzene rings is 1. The Bertz CT molecular complexity index is 477. The second-order valence-electron chi connectivity index (χ2n) is 4.91. The van der Waals surface area contributed by atoms with Crippen molar-refractivity contribution >= 4 is 11.5 Å². The van der Waals surface area contributed by atoms with E-state index in [0.29, 0.717) is 6.61 Å². The maximum Gasteiger partial charge on any atom is 0.119 e. The molecule has 0 fully saturated rings. The summed E-state index contributed by atoms with van der Waals surface area (Å²) >= 11 is 0. The molecule has 0 saturated heterocycles. The van der Waals surface area contributed by atoms with Crippen LogP contribution in [0.2, 0.25) is 0 Å². The summed E-state index contributed by atoms with van der Waals surface area (Å²) in [5.41, 5.74) is 5.16. The molecule has 1 aromatic rings. The zero-order valence-electron chi connectivity index (χ0n) is 12.4. The third kappa shape index (κ3) is 4.37. The van der Waals surface area contributed by atoms with E-state index in [1.807, 2.05) is 38.1 Å². The van der Waals surface area contributed by atoms with Crippen molar-refractivity contribution < 1.29 is 4.74 Å². The average molecular weight is 273 g/mol. The van der Waals surface area contributed by atoms with Crippen LogP contribution >= 0.6 is 0 Å². The van der Waals surface area contributed by atoms with Crippen LogP contribution in [-0.2, 0) is 0 Å². The highest BCUT2D eigenvalue weighted by Gasteiger charge is 2.04. The van der Waals surface area contributed by atoms with E-state index in [1.165, 1.54) is 19.3 Å². The van der Waals surface area contributed by atoms with Crippen molar-refractivity contribution in [1.82, 2.24) is 5.43 Å². The largest absolute Gasteiger partial charge is 0.494 e. The van der Waals surface area contributed by atoms with Gasteiger partial charge in [-0.2, -0.15) is 5.10 Å². The van der Waals surface area contributed by atoms with Crippen LogP contribution in [0.25, 0.3) is 0 Å². The van der Waals surface area contributed by atoms with Crippen LogP contribution in [0.3, 0.4) is 0 Å². The monoisotopic (exact) mass is 273 g/mol. The fourth-order valence-electron chi connectivity index (χ4n) is 2.14. The standard InChI is InChI=1S/C16H23N3O/c1-3-20-15-10-8-14(9-11-15)13(2)18-19-16-7-5-4-6-12-17-16/h8-11H,3-7,12H2,1-2H3,(H,17,19)/b18-13+. The van der Waals surface area contributed by atoms with Gasteiger partial charge < -0.3 is 4.74 Å².